The monoisotopic (exact) mass is 351 g/mol. The summed E-state index contributed by atoms with van der Waals surface area (Å²) in [6.45, 7) is 0. The van der Waals surface area contributed by atoms with Crippen molar-refractivity contribution in [3.05, 3.63) is 79.8 Å². The molecule has 0 amide bonds. The van der Waals surface area contributed by atoms with Gasteiger partial charge in [0.2, 0.25) is 5.71 Å². The van der Waals surface area contributed by atoms with Crippen molar-refractivity contribution in [2.45, 2.75) is 0 Å². The molecule has 128 valence electrons. The molecule has 0 aliphatic heterocycles. The van der Waals surface area contributed by atoms with E-state index in [1.54, 1.807) is 18.6 Å². The second kappa shape index (κ2) is 6.42. The Morgan fingerprint density at radius 2 is 1.41 bits per heavy atom. The van der Waals surface area contributed by atoms with E-state index >= 15 is 0 Å². The van der Waals surface area contributed by atoms with E-state index in [-0.39, 0.29) is 0 Å². The minimum Gasteiger partial charge on any atom is -0.425 e. The first-order chi connectivity index (χ1) is 13.4. The number of oxazole rings is 1. The van der Waals surface area contributed by atoms with Crippen molar-refractivity contribution in [1.29, 1.82) is 0 Å². The van der Waals surface area contributed by atoms with Gasteiger partial charge in [-0.05, 0) is 30.3 Å². The normalized spacial score (nSPS) is 11.0. The molecule has 0 saturated carbocycles. The third-order valence-electron chi connectivity index (χ3n) is 4.33. The highest BCUT2D eigenvalue weighted by Gasteiger charge is 2.19. The highest BCUT2D eigenvalue weighted by molar-refractivity contribution is 5.98. The van der Waals surface area contributed by atoms with Crippen LogP contribution in [-0.2, 0) is 0 Å². The largest absolute Gasteiger partial charge is 0.425 e. The van der Waals surface area contributed by atoms with E-state index in [1.165, 1.54) is 6.39 Å². The van der Waals surface area contributed by atoms with E-state index < -0.39 is 0 Å². The van der Waals surface area contributed by atoms with Gasteiger partial charge >= 0.3 is 0 Å². The van der Waals surface area contributed by atoms with Gasteiger partial charge in [0.25, 0.3) is 0 Å². The van der Waals surface area contributed by atoms with Gasteiger partial charge in [-0.25, -0.2) is 9.97 Å². The van der Waals surface area contributed by atoms with Gasteiger partial charge in [-0.1, -0.05) is 12.1 Å². The van der Waals surface area contributed by atoms with Crippen molar-refractivity contribution in [2.75, 3.05) is 0 Å². The summed E-state index contributed by atoms with van der Waals surface area (Å²) in [4.78, 5) is 22.1. The Kier molecular flexibility index (Phi) is 3.65. The van der Waals surface area contributed by atoms with Crippen LogP contribution >= 0.6 is 0 Å². The zero-order chi connectivity index (χ0) is 18.1. The minimum atomic E-state index is 0.489. The molecule has 0 aliphatic rings. The molecule has 5 heterocycles. The molecule has 0 unspecified atom stereocenters. The summed E-state index contributed by atoms with van der Waals surface area (Å²) in [5.74, 6) is 0. The zero-order valence-corrected chi connectivity index (χ0v) is 14.1. The smallest absolute Gasteiger partial charge is 0.247 e. The van der Waals surface area contributed by atoms with E-state index in [1.807, 2.05) is 54.9 Å². The molecule has 0 aromatic carbocycles. The van der Waals surface area contributed by atoms with Crippen LogP contribution in [-0.4, -0.2) is 24.9 Å². The first kappa shape index (κ1) is 15.3. The van der Waals surface area contributed by atoms with Crippen molar-refractivity contribution < 1.29 is 4.42 Å². The van der Waals surface area contributed by atoms with Gasteiger partial charge in [0.1, 0.15) is 5.52 Å². The maximum absolute atomic E-state index is 5.37. The Labute approximate surface area is 154 Å². The van der Waals surface area contributed by atoms with Crippen LogP contribution < -0.4 is 0 Å². The Balaban J connectivity index is 1.86. The topological polar surface area (TPSA) is 77.6 Å². The van der Waals surface area contributed by atoms with Crippen LogP contribution in [0.1, 0.15) is 0 Å². The average molecular weight is 351 g/mol. The zero-order valence-electron chi connectivity index (χ0n) is 14.1. The first-order valence-electron chi connectivity index (χ1n) is 8.41. The van der Waals surface area contributed by atoms with Gasteiger partial charge in [-0.15, -0.1) is 0 Å². The highest BCUT2D eigenvalue weighted by atomic mass is 16.3. The quantitative estimate of drug-likeness (QED) is 0.479. The summed E-state index contributed by atoms with van der Waals surface area (Å²) >= 11 is 0. The van der Waals surface area contributed by atoms with Crippen molar-refractivity contribution in [2.24, 2.45) is 0 Å². The molecular formula is C21H13N5O. The summed E-state index contributed by atoms with van der Waals surface area (Å²) in [6.07, 6.45) is 10.3. The summed E-state index contributed by atoms with van der Waals surface area (Å²) < 4.78 is 5.37. The summed E-state index contributed by atoms with van der Waals surface area (Å²) in [5, 5.41) is 0. The maximum atomic E-state index is 5.37. The van der Waals surface area contributed by atoms with Gasteiger partial charge in [0, 0.05) is 53.2 Å². The predicted molar refractivity (Wildman–Crippen MR) is 101 cm³/mol. The SMILES string of the molecule is c1ccc(-c2cncc(-c3ccnc4ocnc34)c2-c2ccccn2)nc1. The van der Waals surface area contributed by atoms with Crippen LogP contribution in [0.25, 0.3) is 44.9 Å². The molecule has 0 fully saturated rings. The molecule has 6 nitrogen and oxygen atoms in total. The summed E-state index contributed by atoms with van der Waals surface area (Å²) in [6, 6.07) is 13.6. The second-order valence-corrected chi connectivity index (χ2v) is 5.90. The van der Waals surface area contributed by atoms with Crippen molar-refractivity contribution >= 4 is 11.2 Å². The molecular weight excluding hydrogens is 338 g/mol. The Morgan fingerprint density at radius 1 is 0.630 bits per heavy atom. The minimum absolute atomic E-state index is 0.489. The number of rotatable bonds is 3. The first-order valence-corrected chi connectivity index (χ1v) is 8.41. The molecule has 0 spiro atoms. The van der Waals surface area contributed by atoms with Crippen molar-refractivity contribution in [3.8, 4) is 33.6 Å². The van der Waals surface area contributed by atoms with Crippen LogP contribution in [0.15, 0.2) is 84.3 Å². The average Bonchev–Trinajstić information content (AvgIpc) is 3.23. The van der Waals surface area contributed by atoms with E-state index in [0.29, 0.717) is 11.2 Å². The molecule has 0 radical (unpaired) electrons. The number of aromatic nitrogens is 5. The molecule has 0 aliphatic carbocycles. The fourth-order valence-electron chi connectivity index (χ4n) is 3.16. The fraction of sp³-hybridized carbons (Fsp3) is 0. The highest BCUT2D eigenvalue weighted by Crippen LogP contribution is 2.39. The second-order valence-electron chi connectivity index (χ2n) is 5.90. The maximum Gasteiger partial charge on any atom is 0.247 e. The molecule has 0 saturated heterocycles. The predicted octanol–water partition coefficient (Wildman–Crippen LogP) is 4.41. The standard InChI is InChI=1S/C21H13N5O/c1-3-8-23-17(5-1)16-12-22-11-15(19(16)18-6-2-4-9-24-18)14-7-10-25-21-20(14)26-13-27-21/h1-13H. The number of fused-ring (bicyclic) bond motifs is 1. The Hall–Kier alpha value is -3.93. The van der Waals surface area contributed by atoms with Crippen LogP contribution in [0, 0.1) is 0 Å². The van der Waals surface area contributed by atoms with Gasteiger partial charge in [-0.3, -0.25) is 15.0 Å². The number of hydrogen-bond donors (Lipinski definition) is 0. The van der Waals surface area contributed by atoms with Crippen molar-refractivity contribution in [1.82, 2.24) is 24.9 Å². The van der Waals surface area contributed by atoms with Gasteiger partial charge < -0.3 is 4.42 Å². The Morgan fingerprint density at radius 3 is 2.19 bits per heavy atom. The van der Waals surface area contributed by atoms with E-state index in [2.05, 4.69) is 24.9 Å². The fourth-order valence-corrected chi connectivity index (χ4v) is 3.16. The van der Waals surface area contributed by atoms with Gasteiger partial charge in [0.05, 0.1) is 11.4 Å². The number of hydrogen-bond acceptors (Lipinski definition) is 6. The number of pyridine rings is 4. The lowest BCUT2D eigenvalue weighted by atomic mass is 9.94. The van der Waals surface area contributed by atoms with Gasteiger partial charge in [0.15, 0.2) is 6.39 Å². The van der Waals surface area contributed by atoms with Crippen LogP contribution in [0.5, 0.6) is 0 Å². The summed E-state index contributed by atoms with van der Waals surface area (Å²) in [5.41, 5.74) is 6.48. The molecule has 0 atom stereocenters. The summed E-state index contributed by atoms with van der Waals surface area (Å²) in [7, 11) is 0. The van der Waals surface area contributed by atoms with Crippen LogP contribution in [0.3, 0.4) is 0 Å². The molecule has 5 rings (SSSR count). The molecule has 5 aromatic heterocycles. The molecule has 0 bridgehead atoms. The number of nitrogens with zero attached hydrogens (tertiary/aromatic N) is 5. The van der Waals surface area contributed by atoms with Crippen LogP contribution in [0.4, 0.5) is 0 Å². The van der Waals surface area contributed by atoms with E-state index in [0.717, 1.165) is 33.6 Å². The molecule has 5 aromatic rings. The molecule has 27 heavy (non-hydrogen) atoms. The van der Waals surface area contributed by atoms with Gasteiger partial charge in [-0.2, -0.15) is 0 Å². The molecule has 6 heteroatoms. The lowest BCUT2D eigenvalue weighted by Gasteiger charge is -2.14. The van der Waals surface area contributed by atoms with Crippen LogP contribution in [0.2, 0.25) is 0 Å². The molecule has 0 N–H and O–H groups in total. The third-order valence-corrected chi connectivity index (χ3v) is 4.33. The lowest BCUT2D eigenvalue weighted by Crippen LogP contribution is -1.96. The van der Waals surface area contributed by atoms with E-state index in [4.69, 9.17) is 4.42 Å². The lowest BCUT2D eigenvalue weighted by molar-refractivity contribution is 0.590. The third kappa shape index (κ3) is 2.64. The van der Waals surface area contributed by atoms with Crippen molar-refractivity contribution in [3.63, 3.8) is 0 Å². The Bertz CT molecular complexity index is 1220. The van der Waals surface area contributed by atoms with E-state index in [9.17, 15) is 0 Å².